The molecule has 1 atom stereocenters. The smallest absolute Gasteiger partial charge is 0.410 e. The molecule has 2 aliphatic heterocycles. The first-order valence-corrected chi connectivity index (χ1v) is 10.3. The van der Waals surface area contributed by atoms with Crippen LogP contribution in [0.15, 0.2) is 40.3 Å². The van der Waals surface area contributed by atoms with E-state index >= 15 is 0 Å². The van der Waals surface area contributed by atoms with Gasteiger partial charge in [-0.1, -0.05) is 19.9 Å². The van der Waals surface area contributed by atoms with E-state index in [1.54, 1.807) is 0 Å². The lowest BCUT2D eigenvalue weighted by Gasteiger charge is -2.42. The van der Waals surface area contributed by atoms with Gasteiger partial charge in [-0.25, -0.2) is 9.79 Å². The minimum Gasteiger partial charge on any atom is -0.444 e. The third-order valence-electron chi connectivity index (χ3n) is 4.95. The van der Waals surface area contributed by atoms with Gasteiger partial charge in [0.05, 0.1) is 0 Å². The van der Waals surface area contributed by atoms with Crippen LogP contribution in [0.4, 0.5) is 4.79 Å². The van der Waals surface area contributed by atoms with Crippen LogP contribution in [0.1, 0.15) is 61.3 Å². The Hall–Kier alpha value is -2.24. The Kier molecular flexibility index (Phi) is 7.33. The third kappa shape index (κ3) is 5.40. The molecule has 0 aromatic carbocycles. The molecule has 0 aromatic rings. The van der Waals surface area contributed by atoms with E-state index in [-0.39, 0.29) is 12.1 Å². The van der Waals surface area contributed by atoms with Gasteiger partial charge in [0.15, 0.2) is 0 Å². The van der Waals surface area contributed by atoms with Crippen molar-refractivity contribution in [3.8, 4) is 0 Å². The zero-order valence-corrected chi connectivity index (χ0v) is 18.5. The minimum atomic E-state index is -0.473. The first kappa shape index (κ1) is 22.1. The Morgan fingerprint density at radius 3 is 2.64 bits per heavy atom. The monoisotopic (exact) mass is 388 g/mol. The van der Waals surface area contributed by atoms with Crippen molar-refractivity contribution in [3.63, 3.8) is 0 Å². The fourth-order valence-electron chi connectivity index (χ4n) is 3.47. The first-order chi connectivity index (χ1) is 13.2. The van der Waals surface area contributed by atoms with Gasteiger partial charge in [0.2, 0.25) is 0 Å². The number of amidine groups is 1. The van der Waals surface area contributed by atoms with Crippen molar-refractivity contribution in [2.75, 3.05) is 19.6 Å². The van der Waals surface area contributed by atoms with Crippen LogP contribution < -0.4 is 5.32 Å². The van der Waals surface area contributed by atoms with Crippen molar-refractivity contribution in [1.82, 2.24) is 15.1 Å². The summed E-state index contributed by atoms with van der Waals surface area (Å²) in [5.41, 5.74) is 3.16. The molecule has 0 bridgehead atoms. The van der Waals surface area contributed by atoms with Crippen molar-refractivity contribution in [2.24, 2.45) is 4.99 Å². The van der Waals surface area contributed by atoms with E-state index in [0.717, 1.165) is 31.8 Å². The molecule has 0 unspecified atom stereocenters. The van der Waals surface area contributed by atoms with Crippen molar-refractivity contribution in [2.45, 2.75) is 73.0 Å². The molecule has 1 N–H and O–H groups in total. The van der Waals surface area contributed by atoms with Crippen LogP contribution in [0.25, 0.3) is 0 Å². The second kappa shape index (κ2) is 9.30. The quantitative estimate of drug-likeness (QED) is 0.774. The molecule has 2 rings (SSSR count). The van der Waals surface area contributed by atoms with Gasteiger partial charge >= 0.3 is 6.09 Å². The SMILES string of the molecule is CC/C=C/NC1=NC=C(CC)/C1=C(/C)N1CCN(C(=O)OC(C)(C)C)[C@H](C)C1. The molecule has 156 valence electrons. The van der Waals surface area contributed by atoms with Gasteiger partial charge < -0.3 is 19.9 Å². The third-order valence-corrected chi connectivity index (χ3v) is 4.95. The number of carbonyl (C=O) groups is 1. The van der Waals surface area contributed by atoms with Gasteiger partial charge in [0.25, 0.3) is 0 Å². The summed E-state index contributed by atoms with van der Waals surface area (Å²) in [7, 11) is 0. The summed E-state index contributed by atoms with van der Waals surface area (Å²) in [6.45, 7) is 16.4. The van der Waals surface area contributed by atoms with Crippen LogP contribution in [-0.2, 0) is 4.74 Å². The van der Waals surface area contributed by atoms with Crippen LogP contribution in [0.3, 0.4) is 0 Å². The van der Waals surface area contributed by atoms with E-state index in [0.29, 0.717) is 6.54 Å². The molecular weight excluding hydrogens is 352 g/mol. The highest BCUT2D eigenvalue weighted by atomic mass is 16.6. The fraction of sp³-hybridized carbons (Fsp3) is 0.636. The normalized spacial score (nSPS) is 22.3. The second-order valence-corrected chi connectivity index (χ2v) is 8.37. The van der Waals surface area contributed by atoms with Gasteiger partial charge in [-0.2, -0.15) is 0 Å². The summed E-state index contributed by atoms with van der Waals surface area (Å²) in [5.74, 6) is 0.904. The average molecular weight is 389 g/mol. The number of amides is 1. The molecule has 6 heteroatoms. The van der Waals surface area contributed by atoms with E-state index in [1.165, 1.54) is 16.8 Å². The lowest BCUT2D eigenvalue weighted by Crippen LogP contribution is -2.54. The molecule has 1 saturated heterocycles. The molecule has 0 aliphatic carbocycles. The van der Waals surface area contributed by atoms with E-state index < -0.39 is 5.60 Å². The van der Waals surface area contributed by atoms with Gasteiger partial charge in [-0.3, -0.25) is 0 Å². The van der Waals surface area contributed by atoms with Crippen LogP contribution in [0, 0.1) is 0 Å². The molecule has 1 fully saturated rings. The Balaban J connectivity index is 2.14. The molecule has 28 heavy (non-hydrogen) atoms. The average Bonchev–Trinajstić information content (AvgIpc) is 3.02. The lowest BCUT2D eigenvalue weighted by molar-refractivity contribution is 0.00494. The number of hydrogen-bond acceptors (Lipinski definition) is 5. The van der Waals surface area contributed by atoms with Gasteiger partial charge in [-0.05, 0) is 59.2 Å². The van der Waals surface area contributed by atoms with Crippen molar-refractivity contribution >= 4 is 11.9 Å². The van der Waals surface area contributed by atoms with E-state index in [9.17, 15) is 4.79 Å². The van der Waals surface area contributed by atoms with Crippen LogP contribution >= 0.6 is 0 Å². The van der Waals surface area contributed by atoms with Crippen molar-refractivity contribution in [3.05, 3.63) is 35.3 Å². The highest BCUT2D eigenvalue weighted by molar-refractivity contribution is 6.05. The van der Waals surface area contributed by atoms with Crippen molar-refractivity contribution in [1.29, 1.82) is 0 Å². The Bertz CT molecular complexity index is 698. The van der Waals surface area contributed by atoms with Crippen LogP contribution in [-0.4, -0.2) is 53.0 Å². The number of nitrogens with one attached hydrogen (secondary N) is 1. The zero-order chi connectivity index (χ0) is 20.9. The molecule has 1 amide bonds. The number of hydrogen-bond donors (Lipinski definition) is 1. The molecule has 0 aromatic heterocycles. The highest BCUT2D eigenvalue weighted by Gasteiger charge is 2.32. The second-order valence-electron chi connectivity index (χ2n) is 8.37. The summed E-state index contributed by atoms with van der Waals surface area (Å²) in [5, 5.41) is 3.33. The molecular formula is C22H36N4O2. The van der Waals surface area contributed by atoms with Gasteiger partial charge in [0, 0.05) is 43.1 Å². The number of allylic oxidation sites excluding steroid dienone is 2. The summed E-state index contributed by atoms with van der Waals surface area (Å²) in [6, 6.07) is 0.0861. The number of ether oxygens (including phenoxy) is 1. The molecule has 0 radical (unpaired) electrons. The Morgan fingerprint density at radius 1 is 1.36 bits per heavy atom. The van der Waals surface area contributed by atoms with Crippen LogP contribution in [0.5, 0.6) is 0 Å². The predicted molar refractivity (Wildman–Crippen MR) is 115 cm³/mol. The minimum absolute atomic E-state index is 0.0861. The maximum Gasteiger partial charge on any atom is 0.410 e. The summed E-state index contributed by atoms with van der Waals surface area (Å²) < 4.78 is 5.56. The number of carbonyl (C=O) groups excluding carboxylic acids is 1. The Morgan fingerprint density at radius 2 is 2.07 bits per heavy atom. The topological polar surface area (TPSA) is 57.2 Å². The number of aliphatic imine (C=N–C) groups is 1. The van der Waals surface area contributed by atoms with Crippen LogP contribution in [0.2, 0.25) is 0 Å². The number of piperazine rings is 1. The summed E-state index contributed by atoms with van der Waals surface area (Å²) in [6.07, 6.45) is 7.70. The first-order valence-electron chi connectivity index (χ1n) is 10.3. The van der Waals surface area contributed by atoms with Gasteiger partial charge in [-0.15, -0.1) is 0 Å². The summed E-state index contributed by atoms with van der Waals surface area (Å²) in [4.78, 5) is 21.3. The molecule has 0 spiro atoms. The fourth-order valence-corrected chi connectivity index (χ4v) is 3.47. The molecule has 0 saturated carbocycles. The van der Waals surface area contributed by atoms with E-state index in [2.05, 4.69) is 49.0 Å². The summed E-state index contributed by atoms with van der Waals surface area (Å²) >= 11 is 0. The van der Waals surface area contributed by atoms with E-state index in [1.807, 2.05) is 38.1 Å². The molecule has 6 nitrogen and oxygen atoms in total. The molecule has 2 heterocycles. The Labute approximate surface area is 170 Å². The maximum atomic E-state index is 12.5. The standard InChI is InChI=1S/C22H36N4O2/c1-8-10-11-23-20-19(18(9-2)14-24-20)17(4)25-12-13-26(16(3)15-25)21(27)28-22(5,6)7/h10-11,14,16H,8-9,12-13,15H2,1-7H3,(H,23,24)/b11-10+,19-17+/t16-/m1/s1. The maximum absolute atomic E-state index is 12.5. The predicted octanol–water partition coefficient (Wildman–Crippen LogP) is 4.42. The molecule has 2 aliphatic rings. The lowest BCUT2D eigenvalue weighted by atomic mass is 10.0. The van der Waals surface area contributed by atoms with Gasteiger partial charge in [0.1, 0.15) is 11.4 Å². The zero-order valence-electron chi connectivity index (χ0n) is 18.5. The van der Waals surface area contributed by atoms with Crippen molar-refractivity contribution < 1.29 is 9.53 Å². The van der Waals surface area contributed by atoms with E-state index in [4.69, 9.17) is 4.74 Å². The largest absolute Gasteiger partial charge is 0.444 e. The number of rotatable bonds is 4. The number of nitrogens with zero attached hydrogens (tertiary/aromatic N) is 3. The highest BCUT2D eigenvalue weighted by Crippen LogP contribution is 2.28.